The Labute approximate surface area is 173 Å². The molecule has 1 aliphatic heterocycles. The Bertz CT molecular complexity index is 1080. The first-order valence-corrected chi connectivity index (χ1v) is 9.53. The van der Waals surface area contributed by atoms with Crippen molar-refractivity contribution in [2.75, 3.05) is 12.1 Å². The summed E-state index contributed by atoms with van der Waals surface area (Å²) in [6, 6.07) is 10.5. The van der Waals surface area contributed by atoms with Gasteiger partial charge in [0.1, 0.15) is 5.76 Å². The molecule has 0 saturated heterocycles. The Hall–Kier alpha value is -3.68. The zero-order valence-corrected chi connectivity index (χ0v) is 16.9. The molecule has 3 aromatic rings. The van der Waals surface area contributed by atoms with Crippen molar-refractivity contribution in [1.29, 1.82) is 0 Å². The topological polar surface area (TPSA) is 91.9 Å². The first-order valence-electron chi connectivity index (χ1n) is 9.53. The second-order valence-corrected chi connectivity index (χ2v) is 7.06. The maximum Gasteiger partial charge on any atom is 0.340 e. The van der Waals surface area contributed by atoms with Crippen molar-refractivity contribution in [2.24, 2.45) is 0 Å². The molecule has 0 fully saturated rings. The molecule has 0 unspecified atom stereocenters. The number of aromatic nitrogens is 1. The van der Waals surface area contributed by atoms with E-state index >= 15 is 0 Å². The van der Waals surface area contributed by atoms with Crippen molar-refractivity contribution < 1.29 is 28.2 Å². The second kappa shape index (κ2) is 7.98. The molecule has 4 rings (SSSR count). The number of furan rings is 1. The molecule has 0 bridgehead atoms. The molecule has 0 radical (unpaired) electrons. The average molecular weight is 410 g/mol. The van der Waals surface area contributed by atoms with Crippen LogP contribution in [0.3, 0.4) is 0 Å². The quantitative estimate of drug-likeness (QED) is 0.624. The van der Waals surface area contributed by atoms with Gasteiger partial charge in [0, 0.05) is 23.1 Å². The van der Waals surface area contributed by atoms with Gasteiger partial charge in [-0.3, -0.25) is 4.79 Å². The molecule has 0 saturated carbocycles. The van der Waals surface area contributed by atoms with Crippen LogP contribution >= 0.6 is 0 Å². The van der Waals surface area contributed by atoms with E-state index in [2.05, 4.69) is 5.32 Å². The van der Waals surface area contributed by atoms with E-state index in [-0.39, 0.29) is 6.79 Å². The highest BCUT2D eigenvalue weighted by molar-refractivity contribution is 5.98. The number of carbonyl (C=O) groups excluding carboxylic acids is 2. The number of esters is 1. The fraction of sp³-hybridized carbons (Fsp3) is 0.273. The van der Waals surface area contributed by atoms with Crippen LogP contribution in [0.2, 0.25) is 0 Å². The van der Waals surface area contributed by atoms with Gasteiger partial charge in [-0.2, -0.15) is 0 Å². The monoisotopic (exact) mass is 410 g/mol. The number of carbonyl (C=O) groups is 2. The number of nitrogens with zero attached hydrogens (tertiary/aromatic N) is 1. The number of aryl methyl sites for hydroxylation is 1. The summed E-state index contributed by atoms with van der Waals surface area (Å²) < 4.78 is 23.3. The van der Waals surface area contributed by atoms with Crippen LogP contribution in [0.1, 0.15) is 34.4 Å². The predicted octanol–water partition coefficient (Wildman–Crippen LogP) is 3.66. The van der Waals surface area contributed by atoms with E-state index in [1.165, 1.54) is 6.92 Å². The molecule has 8 nitrogen and oxygen atoms in total. The van der Waals surface area contributed by atoms with Crippen molar-refractivity contribution in [3.63, 3.8) is 0 Å². The van der Waals surface area contributed by atoms with Crippen LogP contribution in [-0.2, 0) is 16.1 Å². The van der Waals surface area contributed by atoms with E-state index < -0.39 is 18.0 Å². The number of benzene rings is 1. The predicted molar refractivity (Wildman–Crippen MR) is 108 cm³/mol. The molecule has 1 aromatic carbocycles. The van der Waals surface area contributed by atoms with Crippen LogP contribution in [0.15, 0.2) is 47.1 Å². The van der Waals surface area contributed by atoms with E-state index in [1.54, 1.807) is 30.5 Å². The Balaban J connectivity index is 1.41. The van der Waals surface area contributed by atoms with Crippen LogP contribution in [0.25, 0.3) is 0 Å². The molecule has 30 heavy (non-hydrogen) atoms. The molecular weight excluding hydrogens is 388 g/mol. The SMILES string of the molecule is Cc1cc(C(=O)O[C@@H](C)C(=O)Nc2ccc3c(c2)OCO3)c(C)n1Cc1ccco1. The molecule has 1 aliphatic rings. The fourth-order valence-electron chi connectivity index (χ4n) is 3.31. The number of hydrogen-bond donors (Lipinski definition) is 1. The van der Waals surface area contributed by atoms with Crippen LogP contribution in [0, 0.1) is 13.8 Å². The van der Waals surface area contributed by atoms with Gasteiger partial charge in [0.2, 0.25) is 6.79 Å². The number of rotatable bonds is 6. The summed E-state index contributed by atoms with van der Waals surface area (Å²) >= 11 is 0. The molecule has 1 atom stereocenters. The minimum atomic E-state index is -0.976. The summed E-state index contributed by atoms with van der Waals surface area (Å²) in [7, 11) is 0. The minimum absolute atomic E-state index is 0.152. The molecule has 156 valence electrons. The lowest BCUT2D eigenvalue weighted by atomic mass is 10.2. The number of anilines is 1. The van der Waals surface area contributed by atoms with Gasteiger partial charge in [0.25, 0.3) is 5.91 Å². The zero-order valence-electron chi connectivity index (χ0n) is 16.9. The van der Waals surface area contributed by atoms with Gasteiger partial charge >= 0.3 is 5.97 Å². The van der Waals surface area contributed by atoms with E-state index in [1.807, 2.05) is 30.5 Å². The molecule has 0 spiro atoms. The summed E-state index contributed by atoms with van der Waals surface area (Å²) in [6.45, 7) is 5.94. The van der Waals surface area contributed by atoms with Gasteiger partial charge in [-0.05, 0) is 51.1 Å². The highest BCUT2D eigenvalue weighted by Crippen LogP contribution is 2.34. The smallest absolute Gasteiger partial charge is 0.340 e. The Morgan fingerprint density at radius 1 is 1.17 bits per heavy atom. The third-order valence-corrected chi connectivity index (χ3v) is 4.98. The summed E-state index contributed by atoms with van der Waals surface area (Å²) in [5, 5.41) is 2.72. The molecule has 2 aromatic heterocycles. The Kier molecular flexibility index (Phi) is 5.22. The summed E-state index contributed by atoms with van der Waals surface area (Å²) in [5.74, 6) is 0.973. The van der Waals surface area contributed by atoms with E-state index in [0.29, 0.717) is 29.3 Å². The molecule has 1 amide bonds. The highest BCUT2D eigenvalue weighted by atomic mass is 16.7. The fourth-order valence-corrected chi connectivity index (χ4v) is 3.31. The van der Waals surface area contributed by atoms with Crippen molar-refractivity contribution in [2.45, 2.75) is 33.4 Å². The number of amides is 1. The van der Waals surface area contributed by atoms with Crippen molar-refractivity contribution >= 4 is 17.6 Å². The lowest BCUT2D eigenvalue weighted by Crippen LogP contribution is -2.30. The van der Waals surface area contributed by atoms with Crippen molar-refractivity contribution in [3.8, 4) is 11.5 Å². The van der Waals surface area contributed by atoms with Crippen LogP contribution in [0.4, 0.5) is 5.69 Å². The average Bonchev–Trinajstić information content (AvgIpc) is 3.45. The summed E-state index contributed by atoms with van der Waals surface area (Å²) in [5.41, 5.74) is 2.59. The molecule has 1 N–H and O–H groups in total. The summed E-state index contributed by atoms with van der Waals surface area (Å²) in [6.07, 6.45) is 0.634. The van der Waals surface area contributed by atoms with Crippen LogP contribution in [-0.4, -0.2) is 29.3 Å². The van der Waals surface area contributed by atoms with Crippen LogP contribution < -0.4 is 14.8 Å². The van der Waals surface area contributed by atoms with Gasteiger partial charge in [-0.15, -0.1) is 0 Å². The third kappa shape index (κ3) is 3.89. The summed E-state index contributed by atoms with van der Waals surface area (Å²) in [4.78, 5) is 25.1. The zero-order chi connectivity index (χ0) is 21.3. The normalized spacial score (nSPS) is 13.2. The number of hydrogen-bond acceptors (Lipinski definition) is 6. The number of fused-ring (bicyclic) bond motifs is 1. The largest absolute Gasteiger partial charge is 0.467 e. The van der Waals surface area contributed by atoms with E-state index in [4.69, 9.17) is 18.6 Å². The number of ether oxygens (including phenoxy) is 3. The number of nitrogens with one attached hydrogen (secondary N) is 1. The van der Waals surface area contributed by atoms with E-state index in [9.17, 15) is 9.59 Å². The standard InChI is InChI=1S/C22H22N2O6/c1-13-9-18(14(2)24(13)11-17-5-4-8-27-17)22(26)30-15(3)21(25)23-16-6-7-19-20(10-16)29-12-28-19/h4-10,15H,11-12H2,1-3H3,(H,23,25)/t15-/m0/s1. The lowest BCUT2D eigenvalue weighted by molar-refractivity contribution is -0.123. The van der Waals surface area contributed by atoms with Crippen molar-refractivity contribution in [3.05, 3.63) is 65.4 Å². The maximum atomic E-state index is 12.7. The second-order valence-electron chi connectivity index (χ2n) is 7.06. The van der Waals surface area contributed by atoms with Gasteiger partial charge in [-0.25, -0.2) is 4.79 Å². The first kappa shape index (κ1) is 19.6. The van der Waals surface area contributed by atoms with Gasteiger partial charge in [-0.1, -0.05) is 0 Å². The van der Waals surface area contributed by atoms with Gasteiger partial charge < -0.3 is 28.5 Å². The third-order valence-electron chi connectivity index (χ3n) is 4.98. The lowest BCUT2D eigenvalue weighted by Gasteiger charge is -2.14. The van der Waals surface area contributed by atoms with Crippen LogP contribution in [0.5, 0.6) is 11.5 Å². The Morgan fingerprint density at radius 3 is 2.73 bits per heavy atom. The van der Waals surface area contributed by atoms with Gasteiger partial charge in [0.15, 0.2) is 17.6 Å². The highest BCUT2D eigenvalue weighted by Gasteiger charge is 2.23. The maximum absolute atomic E-state index is 12.7. The molecule has 3 heterocycles. The molecule has 0 aliphatic carbocycles. The minimum Gasteiger partial charge on any atom is -0.467 e. The Morgan fingerprint density at radius 2 is 1.97 bits per heavy atom. The van der Waals surface area contributed by atoms with Crippen molar-refractivity contribution in [1.82, 2.24) is 4.57 Å². The molecule has 8 heteroatoms. The van der Waals surface area contributed by atoms with Gasteiger partial charge in [0.05, 0.1) is 18.4 Å². The van der Waals surface area contributed by atoms with E-state index in [0.717, 1.165) is 17.1 Å². The first-order chi connectivity index (χ1) is 14.4. The molecular formula is C22H22N2O6.